The number of rotatable bonds is 4. The number of aromatic carboxylic acids is 1. The lowest BCUT2D eigenvalue weighted by Crippen LogP contribution is -2.39. The number of hydrogen-bond donors (Lipinski definition) is 0. The molecule has 0 heterocycles. The molecule has 3 aromatic carbocycles. The third kappa shape index (κ3) is 5.90. The SMILES string of the molecule is C[N+](C)(Cc1ccccc1)c1ccccc1.O=C([O-])c1ccccc1. The van der Waals surface area contributed by atoms with Crippen LogP contribution in [0.2, 0.25) is 0 Å². The van der Waals surface area contributed by atoms with E-state index in [9.17, 15) is 9.90 Å². The Kier molecular flexibility index (Phi) is 6.49. The number of carbonyl (C=O) groups is 1. The highest BCUT2D eigenvalue weighted by molar-refractivity contribution is 5.85. The molecule has 0 saturated heterocycles. The second-order valence-electron chi connectivity index (χ2n) is 6.32. The molecule has 25 heavy (non-hydrogen) atoms. The van der Waals surface area contributed by atoms with Crippen LogP contribution in [0, 0.1) is 0 Å². The molecule has 3 rings (SSSR count). The smallest absolute Gasteiger partial charge is 0.132 e. The number of benzene rings is 3. The fraction of sp³-hybridized carbons (Fsp3) is 0.136. The van der Waals surface area contributed by atoms with Crippen molar-refractivity contribution in [2.75, 3.05) is 14.1 Å². The van der Waals surface area contributed by atoms with Crippen molar-refractivity contribution in [1.82, 2.24) is 4.48 Å². The van der Waals surface area contributed by atoms with Gasteiger partial charge in [0.25, 0.3) is 0 Å². The molecule has 128 valence electrons. The van der Waals surface area contributed by atoms with Crippen LogP contribution < -0.4 is 9.59 Å². The van der Waals surface area contributed by atoms with Crippen molar-refractivity contribution in [2.24, 2.45) is 0 Å². The van der Waals surface area contributed by atoms with E-state index in [1.807, 2.05) is 0 Å². The van der Waals surface area contributed by atoms with Gasteiger partial charge in [0.1, 0.15) is 12.2 Å². The van der Waals surface area contributed by atoms with Crippen LogP contribution >= 0.6 is 0 Å². The van der Waals surface area contributed by atoms with Gasteiger partial charge in [-0.1, -0.05) is 78.9 Å². The van der Waals surface area contributed by atoms with Gasteiger partial charge in [0.15, 0.2) is 0 Å². The summed E-state index contributed by atoms with van der Waals surface area (Å²) in [7, 11) is 4.48. The Morgan fingerprint density at radius 1 is 0.760 bits per heavy atom. The van der Waals surface area contributed by atoms with Crippen molar-refractivity contribution in [1.29, 1.82) is 0 Å². The Morgan fingerprint density at radius 3 is 1.64 bits per heavy atom. The van der Waals surface area contributed by atoms with Gasteiger partial charge in [-0.05, 0) is 17.7 Å². The van der Waals surface area contributed by atoms with E-state index < -0.39 is 5.97 Å². The molecule has 0 unspecified atom stereocenters. The number of nitrogens with zero attached hydrogens (tertiary/aromatic N) is 1. The molecule has 0 bridgehead atoms. The number of carbonyl (C=O) groups excluding carboxylic acids is 1. The van der Waals surface area contributed by atoms with Crippen molar-refractivity contribution in [3.63, 3.8) is 0 Å². The third-order valence-corrected chi connectivity index (χ3v) is 3.89. The fourth-order valence-electron chi connectivity index (χ4n) is 2.54. The zero-order valence-corrected chi connectivity index (χ0v) is 14.6. The molecule has 0 aliphatic carbocycles. The van der Waals surface area contributed by atoms with Crippen LogP contribution in [0.5, 0.6) is 0 Å². The minimum atomic E-state index is -1.13. The number of para-hydroxylation sites is 1. The Hall–Kier alpha value is -2.91. The first kappa shape index (κ1) is 18.4. The van der Waals surface area contributed by atoms with E-state index in [-0.39, 0.29) is 5.56 Å². The number of quaternary nitrogens is 1. The standard InChI is InChI=1S/C15H18N.C7H6O2/c1-16(2,15-11-7-4-8-12-15)13-14-9-5-3-6-10-14;8-7(9)6-4-2-1-3-5-6/h3-12H,13H2,1-2H3;1-5H,(H,8,9)/q+1;/p-1. The van der Waals surface area contributed by atoms with E-state index in [1.165, 1.54) is 23.4 Å². The first-order chi connectivity index (χ1) is 12.0. The molecule has 0 N–H and O–H groups in total. The lowest BCUT2D eigenvalue weighted by atomic mass is 10.2. The van der Waals surface area contributed by atoms with Gasteiger partial charge < -0.3 is 9.90 Å². The Balaban J connectivity index is 0.000000212. The molecule has 3 nitrogen and oxygen atoms in total. The van der Waals surface area contributed by atoms with Gasteiger partial charge in [-0.25, -0.2) is 0 Å². The molecule has 0 aliphatic heterocycles. The monoisotopic (exact) mass is 333 g/mol. The van der Waals surface area contributed by atoms with Gasteiger partial charge in [0.05, 0.1) is 20.1 Å². The maximum atomic E-state index is 10.1. The molecule has 3 heteroatoms. The maximum absolute atomic E-state index is 10.1. The van der Waals surface area contributed by atoms with E-state index >= 15 is 0 Å². The molecule has 0 amide bonds. The summed E-state index contributed by atoms with van der Waals surface area (Å²) in [5.74, 6) is -1.13. The summed E-state index contributed by atoms with van der Waals surface area (Å²) in [5.41, 5.74) is 2.93. The van der Waals surface area contributed by atoms with Crippen LogP contribution in [-0.2, 0) is 6.54 Å². The first-order valence-electron chi connectivity index (χ1n) is 8.18. The second kappa shape index (κ2) is 8.81. The number of carboxylic acid groups (broad SMARTS) is 1. The average molecular weight is 333 g/mol. The summed E-state index contributed by atoms with van der Waals surface area (Å²) in [5, 5.41) is 10.1. The van der Waals surface area contributed by atoms with Gasteiger partial charge in [-0.2, -0.15) is 0 Å². The zero-order chi connectivity index (χ0) is 18.1. The normalized spacial score (nSPS) is 10.5. The number of carboxylic acids is 1. The maximum Gasteiger partial charge on any atom is 0.132 e. The van der Waals surface area contributed by atoms with Gasteiger partial charge in [0.2, 0.25) is 0 Å². The highest BCUT2D eigenvalue weighted by Crippen LogP contribution is 2.21. The van der Waals surface area contributed by atoms with Crippen LogP contribution in [0.4, 0.5) is 5.69 Å². The van der Waals surface area contributed by atoms with Crippen LogP contribution in [0.3, 0.4) is 0 Å². The van der Waals surface area contributed by atoms with E-state index in [2.05, 4.69) is 74.8 Å². The lowest BCUT2D eigenvalue weighted by Gasteiger charge is -2.29. The van der Waals surface area contributed by atoms with Crippen LogP contribution in [0.25, 0.3) is 0 Å². The van der Waals surface area contributed by atoms with Gasteiger partial charge >= 0.3 is 0 Å². The van der Waals surface area contributed by atoms with Crippen LogP contribution in [0.15, 0.2) is 91.0 Å². The highest BCUT2D eigenvalue weighted by Gasteiger charge is 2.18. The quantitative estimate of drug-likeness (QED) is 0.686. The van der Waals surface area contributed by atoms with E-state index in [4.69, 9.17) is 0 Å². The summed E-state index contributed by atoms with van der Waals surface area (Å²) in [6, 6.07) is 29.3. The predicted molar refractivity (Wildman–Crippen MR) is 101 cm³/mol. The molecular weight excluding hydrogens is 310 g/mol. The summed E-state index contributed by atoms with van der Waals surface area (Å²) in [6.07, 6.45) is 0. The molecular formula is C22H23NO2. The molecule has 0 spiro atoms. The average Bonchev–Trinajstić information content (AvgIpc) is 2.64. The minimum Gasteiger partial charge on any atom is -0.545 e. The van der Waals surface area contributed by atoms with Crippen molar-refractivity contribution in [2.45, 2.75) is 6.54 Å². The largest absolute Gasteiger partial charge is 0.545 e. The summed E-state index contributed by atoms with van der Waals surface area (Å²) < 4.78 is 0.880. The van der Waals surface area contributed by atoms with Gasteiger partial charge in [0, 0.05) is 5.56 Å². The second-order valence-corrected chi connectivity index (χ2v) is 6.32. The Morgan fingerprint density at radius 2 is 1.20 bits per heavy atom. The van der Waals surface area contributed by atoms with Crippen molar-refractivity contribution in [3.8, 4) is 0 Å². The highest BCUT2D eigenvalue weighted by atomic mass is 16.4. The molecule has 0 aliphatic rings. The van der Waals surface area contributed by atoms with Gasteiger partial charge in [-0.3, -0.25) is 4.48 Å². The van der Waals surface area contributed by atoms with Gasteiger partial charge in [-0.15, -0.1) is 0 Å². The van der Waals surface area contributed by atoms with Crippen LogP contribution in [-0.4, -0.2) is 20.1 Å². The van der Waals surface area contributed by atoms with Crippen molar-refractivity contribution < 1.29 is 9.90 Å². The molecule has 0 radical (unpaired) electrons. The molecule has 0 saturated carbocycles. The van der Waals surface area contributed by atoms with Crippen LogP contribution in [0.1, 0.15) is 15.9 Å². The summed E-state index contributed by atoms with van der Waals surface area (Å²) in [4.78, 5) is 10.1. The summed E-state index contributed by atoms with van der Waals surface area (Å²) in [6.45, 7) is 1.02. The lowest BCUT2D eigenvalue weighted by molar-refractivity contribution is -0.255. The molecule has 0 atom stereocenters. The molecule has 3 aromatic rings. The summed E-state index contributed by atoms with van der Waals surface area (Å²) >= 11 is 0. The topological polar surface area (TPSA) is 40.1 Å². The Labute approximate surface area is 149 Å². The minimum absolute atomic E-state index is 0.220. The number of hydrogen-bond acceptors (Lipinski definition) is 2. The third-order valence-electron chi connectivity index (χ3n) is 3.89. The molecule has 0 fully saturated rings. The zero-order valence-electron chi connectivity index (χ0n) is 14.6. The van der Waals surface area contributed by atoms with Crippen molar-refractivity contribution >= 4 is 11.7 Å². The Bertz CT molecular complexity index is 769. The first-order valence-corrected chi connectivity index (χ1v) is 8.18. The van der Waals surface area contributed by atoms with E-state index in [0.717, 1.165) is 11.0 Å². The van der Waals surface area contributed by atoms with E-state index in [1.54, 1.807) is 18.2 Å². The van der Waals surface area contributed by atoms with Crippen molar-refractivity contribution in [3.05, 3.63) is 102 Å². The molecule has 0 aromatic heterocycles. The predicted octanol–water partition coefficient (Wildman–Crippen LogP) is 3.50. The van der Waals surface area contributed by atoms with E-state index in [0.29, 0.717) is 0 Å². The fourth-order valence-corrected chi connectivity index (χ4v) is 2.54.